The van der Waals surface area contributed by atoms with Gasteiger partial charge in [0.25, 0.3) is 5.91 Å². The van der Waals surface area contributed by atoms with E-state index in [-0.39, 0.29) is 11.9 Å². The van der Waals surface area contributed by atoms with E-state index in [4.69, 9.17) is 9.47 Å². The van der Waals surface area contributed by atoms with Gasteiger partial charge in [-0.25, -0.2) is 0 Å². The largest absolute Gasteiger partial charge is 0.497 e. The molecular weight excluding hydrogens is 402 g/mol. The van der Waals surface area contributed by atoms with Gasteiger partial charge in [-0.2, -0.15) is 0 Å². The van der Waals surface area contributed by atoms with Crippen LogP contribution in [0.15, 0.2) is 73.1 Å². The van der Waals surface area contributed by atoms with Crippen molar-refractivity contribution < 1.29 is 14.3 Å². The minimum atomic E-state index is -0.171. The van der Waals surface area contributed by atoms with Crippen molar-refractivity contribution in [2.24, 2.45) is 0 Å². The number of hydrogen-bond acceptors (Lipinski definition) is 5. The second-order valence-electron chi connectivity index (χ2n) is 7.59. The molecule has 1 unspecified atom stereocenters. The number of amides is 1. The first-order chi connectivity index (χ1) is 15.5. The molecule has 1 amide bonds. The molecule has 32 heavy (non-hydrogen) atoms. The van der Waals surface area contributed by atoms with Crippen molar-refractivity contribution in [3.63, 3.8) is 0 Å². The zero-order valence-corrected chi connectivity index (χ0v) is 18.3. The fraction of sp³-hybridized carbons (Fsp3) is 0.192. The Bertz CT molecular complexity index is 1220. The molecule has 0 saturated carbocycles. The Morgan fingerprint density at radius 1 is 1.06 bits per heavy atom. The molecule has 6 heteroatoms. The van der Waals surface area contributed by atoms with Crippen molar-refractivity contribution in [3.8, 4) is 11.5 Å². The molecule has 4 aromatic rings. The fourth-order valence-electron chi connectivity index (χ4n) is 3.47. The summed E-state index contributed by atoms with van der Waals surface area (Å²) < 4.78 is 11.1. The first-order valence-corrected chi connectivity index (χ1v) is 10.4. The Balaban J connectivity index is 1.43. The molecule has 1 N–H and O–H groups in total. The van der Waals surface area contributed by atoms with Crippen LogP contribution in [0.3, 0.4) is 0 Å². The average Bonchev–Trinajstić information content (AvgIpc) is 2.83. The highest BCUT2D eigenvalue weighted by atomic mass is 16.5. The van der Waals surface area contributed by atoms with Gasteiger partial charge in [-0.3, -0.25) is 14.8 Å². The molecule has 2 heterocycles. The van der Waals surface area contributed by atoms with E-state index in [0.29, 0.717) is 17.9 Å². The van der Waals surface area contributed by atoms with Crippen LogP contribution >= 0.6 is 0 Å². The number of pyridine rings is 2. The Labute approximate surface area is 187 Å². The number of nitrogens with one attached hydrogen (secondary N) is 1. The topological polar surface area (TPSA) is 73.3 Å². The van der Waals surface area contributed by atoms with Gasteiger partial charge in [-0.1, -0.05) is 18.2 Å². The predicted molar refractivity (Wildman–Crippen MR) is 124 cm³/mol. The lowest BCUT2D eigenvalue weighted by atomic mass is 10.1. The maximum atomic E-state index is 13.0. The quantitative estimate of drug-likeness (QED) is 0.448. The van der Waals surface area contributed by atoms with E-state index in [1.54, 1.807) is 19.5 Å². The summed E-state index contributed by atoms with van der Waals surface area (Å²) in [7, 11) is 1.62. The van der Waals surface area contributed by atoms with Crippen molar-refractivity contribution in [3.05, 3.63) is 95.4 Å². The molecular formula is C26H25N3O3. The summed E-state index contributed by atoms with van der Waals surface area (Å²) in [5, 5.41) is 3.93. The zero-order chi connectivity index (χ0) is 22.5. The van der Waals surface area contributed by atoms with Gasteiger partial charge in [0.2, 0.25) is 0 Å². The van der Waals surface area contributed by atoms with E-state index in [0.717, 1.165) is 33.5 Å². The van der Waals surface area contributed by atoms with Gasteiger partial charge in [0.1, 0.15) is 18.1 Å². The zero-order valence-electron chi connectivity index (χ0n) is 18.3. The molecule has 0 spiro atoms. The Morgan fingerprint density at radius 2 is 1.84 bits per heavy atom. The van der Waals surface area contributed by atoms with Crippen LogP contribution in [-0.4, -0.2) is 23.0 Å². The maximum Gasteiger partial charge on any atom is 0.253 e. The molecule has 0 aliphatic heterocycles. The van der Waals surface area contributed by atoms with Crippen molar-refractivity contribution in [1.82, 2.24) is 15.3 Å². The van der Waals surface area contributed by atoms with Crippen LogP contribution in [0.1, 0.15) is 40.1 Å². The minimum absolute atomic E-state index is 0.163. The molecule has 2 aromatic heterocycles. The number of rotatable bonds is 7. The molecule has 0 aliphatic carbocycles. The number of aryl methyl sites for hydroxylation is 1. The SMILES string of the molecule is COc1ccc2nc(C)c(C(=O)NC(C)c3ccc(OCc4cccnc4)cc3)cc2c1. The van der Waals surface area contributed by atoms with Crippen molar-refractivity contribution in [1.29, 1.82) is 0 Å². The first kappa shape index (κ1) is 21.3. The smallest absolute Gasteiger partial charge is 0.253 e. The van der Waals surface area contributed by atoms with Gasteiger partial charge < -0.3 is 14.8 Å². The highest BCUT2D eigenvalue weighted by molar-refractivity contribution is 5.99. The van der Waals surface area contributed by atoms with E-state index in [1.165, 1.54) is 0 Å². The van der Waals surface area contributed by atoms with Gasteiger partial charge in [0.15, 0.2) is 0 Å². The minimum Gasteiger partial charge on any atom is -0.497 e. The summed E-state index contributed by atoms with van der Waals surface area (Å²) in [6.45, 7) is 4.26. The van der Waals surface area contributed by atoms with Gasteiger partial charge in [-0.05, 0) is 61.9 Å². The van der Waals surface area contributed by atoms with Crippen LogP contribution in [0.5, 0.6) is 11.5 Å². The number of ether oxygens (including phenoxy) is 2. The molecule has 162 valence electrons. The fourth-order valence-corrected chi connectivity index (χ4v) is 3.47. The Hall–Kier alpha value is -3.93. The number of fused-ring (bicyclic) bond motifs is 1. The van der Waals surface area contributed by atoms with Crippen LogP contribution in [0.2, 0.25) is 0 Å². The van der Waals surface area contributed by atoms with E-state index in [2.05, 4.69) is 15.3 Å². The lowest BCUT2D eigenvalue weighted by Gasteiger charge is -2.16. The Morgan fingerprint density at radius 3 is 2.56 bits per heavy atom. The van der Waals surface area contributed by atoms with E-state index in [9.17, 15) is 4.79 Å². The number of carbonyl (C=O) groups excluding carboxylic acids is 1. The van der Waals surface area contributed by atoms with E-state index >= 15 is 0 Å². The molecule has 2 aromatic carbocycles. The molecule has 6 nitrogen and oxygen atoms in total. The second kappa shape index (κ2) is 9.47. The average molecular weight is 428 g/mol. The highest BCUT2D eigenvalue weighted by Gasteiger charge is 2.15. The van der Waals surface area contributed by atoms with Gasteiger partial charge in [0.05, 0.1) is 29.9 Å². The highest BCUT2D eigenvalue weighted by Crippen LogP contribution is 2.23. The van der Waals surface area contributed by atoms with Crippen molar-refractivity contribution in [2.45, 2.75) is 26.5 Å². The second-order valence-corrected chi connectivity index (χ2v) is 7.59. The third-order valence-electron chi connectivity index (χ3n) is 5.31. The van der Waals surface area contributed by atoms with Crippen molar-refractivity contribution >= 4 is 16.8 Å². The Kier molecular flexibility index (Phi) is 6.31. The van der Waals surface area contributed by atoms with Gasteiger partial charge in [0, 0.05) is 23.3 Å². The lowest BCUT2D eigenvalue weighted by Crippen LogP contribution is -2.27. The predicted octanol–water partition coefficient (Wildman–Crippen LogP) is 5.02. The summed E-state index contributed by atoms with van der Waals surface area (Å²) in [4.78, 5) is 21.6. The number of carbonyl (C=O) groups is 1. The monoisotopic (exact) mass is 427 g/mol. The maximum absolute atomic E-state index is 13.0. The number of aromatic nitrogens is 2. The van der Waals surface area contributed by atoms with Crippen LogP contribution in [0, 0.1) is 6.92 Å². The van der Waals surface area contributed by atoms with Gasteiger partial charge >= 0.3 is 0 Å². The summed E-state index contributed by atoms with van der Waals surface area (Å²) in [6, 6.07) is 18.9. The number of hydrogen-bond donors (Lipinski definition) is 1. The normalized spacial score (nSPS) is 11.7. The molecule has 0 fully saturated rings. The number of benzene rings is 2. The first-order valence-electron chi connectivity index (χ1n) is 10.4. The molecule has 0 radical (unpaired) electrons. The summed E-state index contributed by atoms with van der Waals surface area (Å²) in [5.41, 5.74) is 4.06. The standard InChI is InChI=1S/C26H25N3O3/c1-17(20-6-8-22(9-7-20)32-16-19-5-4-12-27-15-19)29-26(30)24-14-21-13-23(31-3)10-11-25(21)28-18(24)2/h4-15,17H,16H2,1-3H3,(H,29,30). The summed E-state index contributed by atoms with van der Waals surface area (Å²) >= 11 is 0. The van der Waals surface area contributed by atoms with Crippen molar-refractivity contribution in [2.75, 3.05) is 7.11 Å². The lowest BCUT2D eigenvalue weighted by molar-refractivity contribution is 0.0939. The molecule has 4 rings (SSSR count). The van der Waals surface area contributed by atoms with Crippen LogP contribution < -0.4 is 14.8 Å². The van der Waals surface area contributed by atoms with Crippen LogP contribution in [0.4, 0.5) is 0 Å². The summed E-state index contributed by atoms with van der Waals surface area (Å²) in [6.07, 6.45) is 3.52. The van der Waals surface area contributed by atoms with Gasteiger partial charge in [-0.15, -0.1) is 0 Å². The molecule has 0 aliphatic rings. The molecule has 1 atom stereocenters. The van der Waals surface area contributed by atoms with Crippen LogP contribution in [0.25, 0.3) is 10.9 Å². The molecule has 0 bridgehead atoms. The van der Waals surface area contributed by atoms with E-state index < -0.39 is 0 Å². The molecule has 0 saturated heterocycles. The third-order valence-corrected chi connectivity index (χ3v) is 5.31. The summed E-state index contributed by atoms with van der Waals surface area (Å²) in [5.74, 6) is 1.33. The van der Waals surface area contributed by atoms with E-state index in [1.807, 2.05) is 74.5 Å². The van der Waals surface area contributed by atoms with Crippen LogP contribution in [-0.2, 0) is 6.61 Å². The third kappa shape index (κ3) is 4.86. The number of nitrogens with zero attached hydrogens (tertiary/aromatic N) is 2. The number of methoxy groups -OCH3 is 1.